The minimum atomic E-state index is 0.206. The number of aryl methyl sites for hydroxylation is 1. The first-order valence-corrected chi connectivity index (χ1v) is 7.97. The third-order valence-corrected chi connectivity index (χ3v) is 3.98. The SMILES string of the molecule is C[I-]NC1CCCc2ccccc21. The van der Waals surface area contributed by atoms with Crippen molar-refractivity contribution in [3.8, 4) is 0 Å². The van der Waals surface area contributed by atoms with E-state index in [9.17, 15) is 0 Å². The molecule has 1 aromatic carbocycles. The Balaban J connectivity index is 2.26. The van der Waals surface area contributed by atoms with Crippen molar-refractivity contribution in [2.24, 2.45) is 0 Å². The number of hydrogen-bond donors (Lipinski definition) is 1. The van der Waals surface area contributed by atoms with Gasteiger partial charge in [0.2, 0.25) is 0 Å². The van der Waals surface area contributed by atoms with E-state index in [1.54, 1.807) is 11.1 Å². The summed E-state index contributed by atoms with van der Waals surface area (Å²) in [5.41, 5.74) is 3.11. The van der Waals surface area contributed by atoms with Gasteiger partial charge in [0.1, 0.15) is 0 Å². The average molecular weight is 288 g/mol. The third kappa shape index (κ3) is 2.05. The molecule has 1 nitrogen and oxygen atoms in total. The number of hydrogen-bond acceptors (Lipinski definition) is 1. The first-order valence-electron chi connectivity index (χ1n) is 4.73. The molecule has 1 atom stereocenters. The average Bonchev–Trinajstić information content (AvgIpc) is 2.19. The predicted molar refractivity (Wildman–Crippen MR) is 51.2 cm³/mol. The molecule has 1 N–H and O–H groups in total. The molecule has 1 aliphatic rings. The molecule has 1 unspecified atom stereocenters. The van der Waals surface area contributed by atoms with Crippen LogP contribution in [0.4, 0.5) is 0 Å². The van der Waals surface area contributed by atoms with Crippen molar-refractivity contribution < 1.29 is 21.5 Å². The first kappa shape index (κ1) is 9.46. The Labute approximate surface area is 90.5 Å². The molecule has 0 aromatic heterocycles. The molecule has 0 radical (unpaired) electrons. The first-order chi connectivity index (χ1) is 6.42. The van der Waals surface area contributed by atoms with Crippen LogP contribution in [0.5, 0.6) is 0 Å². The molecule has 2 rings (SSSR count). The molecule has 1 aromatic rings. The van der Waals surface area contributed by atoms with Gasteiger partial charge < -0.3 is 0 Å². The fraction of sp³-hybridized carbons (Fsp3) is 0.455. The van der Waals surface area contributed by atoms with Crippen molar-refractivity contribution in [3.63, 3.8) is 0 Å². The Hall–Kier alpha value is -0.0900. The van der Waals surface area contributed by atoms with Gasteiger partial charge in [-0.05, 0) is 0 Å². The van der Waals surface area contributed by atoms with E-state index in [4.69, 9.17) is 0 Å². The summed E-state index contributed by atoms with van der Waals surface area (Å²) in [6.45, 7) is 0. The van der Waals surface area contributed by atoms with Crippen LogP contribution in [0.1, 0.15) is 30.0 Å². The maximum absolute atomic E-state index is 3.65. The topological polar surface area (TPSA) is 12.0 Å². The molecule has 13 heavy (non-hydrogen) atoms. The zero-order valence-electron chi connectivity index (χ0n) is 7.89. The van der Waals surface area contributed by atoms with Gasteiger partial charge in [-0.15, -0.1) is 0 Å². The molecule has 0 bridgehead atoms. The second-order valence-corrected chi connectivity index (χ2v) is 5.14. The summed E-state index contributed by atoms with van der Waals surface area (Å²) in [5.74, 6) is 0. The Kier molecular flexibility index (Phi) is 3.22. The summed E-state index contributed by atoms with van der Waals surface area (Å²) >= 11 is 0.206. The van der Waals surface area contributed by atoms with Crippen LogP contribution in [-0.4, -0.2) is 4.93 Å². The molecule has 0 saturated heterocycles. The van der Waals surface area contributed by atoms with Gasteiger partial charge in [-0.1, -0.05) is 0 Å². The quantitative estimate of drug-likeness (QED) is 0.431. The summed E-state index contributed by atoms with van der Waals surface area (Å²) in [7, 11) is 0. The number of benzene rings is 1. The van der Waals surface area contributed by atoms with Crippen LogP contribution < -0.4 is 25.0 Å². The second kappa shape index (κ2) is 4.42. The van der Waals surface area contributed by atoms with Gasteiger partial charge in [0.25, 0.3) is 0 Å². The van der Waals surface area contributed by atoms with Gasteiger partial charge in [-0.3, -0.25) is 0 Å². The molecule has 0 fully saturated rings. The van der Waals surface area contributed by atoms with Gasteiger partial charge in [-0.2, -0.15) is 0 Å². The number of alkyl halides is 1. The zero-order valence-corrected chi connectivity index (χ0v) is 10.0. The summed E-state index contributed by atoms with van der Waals surface area (Å²) < 4.78 is 3.65. The van der Waals surface area contributed by atoms with Gasteiger partial charge in [-0.25, -0.2) is 0 Å². The van der Waals surface area contributed by atoms with Crippen LogP contribution in [0.3, 0.4) is 0 Å². The van der Waals surface area contributed by atoms with Crippen LogP contribution in [0.2, 0.25) is 0 Å². The van der Waals surface area contributed by atoms with Crippen molar-refractivity contribution >= 4 is 0 Å². The fourth-order valence-corrected chi connectivity index (χ4v) is 3.40. The van der Waals surface area contributed by atoms with Crippen LogP contribution in [0.25, 0.3) is 0 Å². The molecule has 0 amide bonds. The van der Waals surface area contributed by atoms with E-state index >= 15 is 0 Å². The summed E-state index contributed by atoms with van der Waals surface area (Å²) in [6, 6.07) is 9.53. The minimum absolute atomic E-state index is 0.206. The number of fused-ring (bicyclic) bond motifs is 1. The summed E-state index contributed by atoms with van der Waals surface area (Å²) in [4.78, 5) is 2.29. The van der Waals surface area contributed by atoms with Gasteiger partial charge in [0.05, 0.1) is 0 Å². The van der Waals surface area contributed by atoms with Crippen LogP contribution >= 0.6 is 0 Å². The van der Waals surface area contributed by atoms with E-state index in [2.05, 4.69) is 32.7 Å². The zero-order chi connectivity index (χ0) is 9.10. The van der Waals surface area contributed by atoms with E-state index in [-0.39, 0.29) is 21.5 Å². The molecular formula is C11H15IN-. The van der Waals surface area contributed by atoms with E-state index in [1.165, 1.54) is 19.3 Å². The monoisotopic (exact) mass is 288 g/mol. The summed E-state index contributed by atoms with van der Waals surface area (Å²) in [5, 5.41) is 0. The molecule has 0 saturated carbocycles. The van der Waals surface area contributed by atoms with Crippen molar-refractivity contribution in [1.29, 1.82) is 0 Å². The molecule has 1 aliphatic carbocycles. The number of rotatable bonds is 2. The molecule has 72 valence electrons. The van der Waals surface area contributed by atoms with Crippen molar-refractivity contribution in [2.75, 3.05) is 4.93 Å². The van der Waals surface area contributed by atoms with Crippen LogP contribution in [-0.2, 0) is 6.42 Å². The fourth-order valence-electron chi connectivity index (χ4n) is 2.00. The van der Waals surface area contributed by atoms with E-state index in [0.29, 0.717) is 6.04 Å². The Morgan fingerprint density at radius 1 is 1.38 bits per heavy atom. The van der Waals surface area contributed by atoms with Crippen molar-refractivity contribution in [1.82, 2.24) is 3.53 Å². The second-order valence-electron chi connectivity index (χ2n) is 3.44. The van der Waals surface area contributed by atoms with Gasteiger partial charge in [0.15, 0.2) is 0 Å². The van der Waals surface area contributed by atoms with Crippen LogP contribution in [0, 0.1) is 0 Å². The molecule has 0 aliphatic heterocycles. The standard InChI is InChI=1S/C11H15IN/c1-12-13-11-8-4-6-9-5-2-3-7-10(9)11/h2-3,5,7,11,13H,4,6,8H2,1H3/q-1. The molecule has 2 heteroatoms. The normalized spacial score (nSPS) is 21.5. The van der Waals surface area contributed by atoms with Gasteiger partial charge in [0, 0.05) is 0 Å². The third-order valence-electron chi connectivity index (χ3n) is 2.61. The van der Waals surface area contributed by atoms with Crippen molar-refractivity contribution in [3.05, 3.63) is 35.4 Å². The Morgan fingerprint density at radius 2 is 2.23 bits per heavy atom. The molecule has 0 heterocycles. The Morgan fingerprint density at radius 3 is 3.08 bits per heavy atom. The van der Waals surface area contributed by atoms with E-state index in [1.807, 2.05) is 0 Å². The van der Waals surface area contributed by atoms with Crippen molar-refractivity contribution in [2.45, 2.75) is 25.3 Å². The summed E-state index contributed by atoms with van der Waals surface area (Å²) in [6.07, 6.45) is 3.94. The number of halogens is 1. The van der Waals surface area contributed by atoms with E-state index < -0.39 is 0 Å². The van der Waals surface area contributed by atoms with Crippen LogP contribution in [0.15, 0.2) is 24.3 Å². The van der Waals surface area contributed by atoms with E-state index in [0.717, 1.165) is 0 Å². The predicted octanol–water partition coefficient (Wildman–Crippen LogP) is -0.713. The number of nitrogens with one attached hydrogen (secondary N) is 1. The Bertz CT molecular complexity index is 285. The molecular weight excluding hydrogens is 273 g/mol. The molecule has 0 spiro atoms. The van der Waals surface area contributed by atoms with Gasteiger partial charge >= 0.3 is 90.6 Å². The maximum atomic E-state index is 3.65.